The molecule has 2 rings (SSSR count). The monoisotopic (exact) mass is 438 g/mol. The van der Waals surface area contributed by atoms with E-state index < -0.39 is 11.9 Å². The maximum Gasteiger partial charge on any atom is 0.352 e. The molecule has 1 atom stereocenters. The summed E-state index contributed by atoms with van der Waals surface area (Å²) in [6.07, 6.45) is 6.20. The minimum Gasteiger partial charge on any atom is -0.477 e. The van der Waals surface area contributed by atoms with Crippen LogP contribution in [0.1, 0.15) is 47.7 Å². The number of aromatic carboxylic acids is 1. The highest BCUT2D eigenvalue weighted by Crippen LogP contribution is 2.21. The van der Waals surface area contributed by atoms with Crippen LogP contribution in [0.25, 0.3) is 0 Å². The first-order valence-electron chi connectivity index (χ1n) is 8.91. The largest absolute Gasteiger partial charge is 0.477 e. The maximum absolute atomic E-state index is 12.5. The van der Waals surface area contributed by atoms with E-state index in [1.54, 1.807) is 30.9 Å². The minimum absolute atomic E-state index is 0.0667. The summed E-state index contributed by atoms with van der Waals surface area (Å²) in [5, 5.41) is 14.6. The number of aryl methyl sites for hydroxylation is 2. The molecule has 29 heavy (non-hydrogen) atoms. The standard InChI is InChI=1S/C19H26N4O4S2/c1-19(2,29(5)28)7-6-16(24)20-12-8-14(22(3)10-12)17(25)21-13-9-15(18(26)27)23(4)11-13/h8-11H,6-7H2,1-5H3,(H,20,24)(H,21,25)(H,26,27). The molecule has 2 amide bonds. The van der Waals surface area contributed by atoms with Gasteiger partial charge >= 0.3 is 5.97 Å². The van der Waals surface area contributed by atoms with Crippen LogP contribution < -0.4 is 10.6 Å². The van der Waals surface area contributed by atoms with Gasteiger partial charge in [-0.15, -0.1) is 9.45 Å². The van der Waals surface area contributed by atoms with Crippen LogP contribution in [0.3, 0.4) is 0 Å². The van der Waals surface area contributed by atoms with Gasteiger partial charge in [0.1, 0.15) is 11.4 Å². The van der Waals surface area contributed by atoms with Crippen LogP contribution in [0.15, 0.2) is 24.5 Å². The van der Waals surface area contributed by atoms with E-state index in [1.807, 2.05) is 6.26 Å². The molecule has 0 aromatic carbocycles. The lowest BCUT2D eigenvalue weighted by atomic mass is 10.1. The third kappa shape index (κ3) is 5.77. The average molecular weight is 439 g/mol. The summed E-state index contributed by atoms with van der Waals surface area (Å²) in [5.41, 5.74) is 1.30. The quantitative estimate of drug-likeness (QED) is 0.587. The second kappa shape index (κ2) is 8.91. The Hall–Kier alpha value is -2.46. The number of carbonyl (C=O) groups is 3. The Morgan fingerprint density at radius 3 is 2.10 bits per heavy atom. The number of rotatable bonds is 8. The predicted octanol–water partition coefficient (Wildman–Crippen LogP) is 2.52. The Balaban J connectivity index is 2.03. The Kier molecular flexibility index (Phi) is 7.02. The molecule has 2 heterocycles. The van der Waals surface area contributed by atoms with E-state index in [0.29, 0.717) is 29.9 Å². The summed E-state index contributed by atoms with van der Waals surface area (Å²) in [6.45, 7) is 4.11. The molecule has 10 heteroatoms. The number of carboxylic acid groups (broad SMARTS) is 1. The van der Waals surface area contributed by atoms with E-state index in [1.165, 1.54) is 16.8 Å². The fourth-order valence-electron chi connectivity index (χ4n) is 2.68. The number of nitrogens with zero attached hydrogens (tertiary/aromatic N) is 2. The van der Waals surface area contributed by atoms with E-state index in [2.05, 4.69) is 24.5 Å². The van der Waals surface area contributed by atoms with E-state index in [0.717, 1.165) is 0 Å². The molecule has 0 radical (unpaired) electrons. The van der Waals surface area contributed by atoms with Crippen molar-refractivity contribution in [3.05, 3.63) is 35.9 Å². The molecule has 0 aliphatic heterocycles. The van der Waals surface area contributed by atoms with Gasteiger partial charge in [0.15, 0.2) is 0 Å². The third-order valence-corrected chi connectivity index (χ3v) is 7.85. The molecule has 158 valence electrons. The lowest BCUT2D eigenvalue weighted by molar-refractivity contribution is -0.116. The number of carboxylic acids is 1. The predicted molar refractivity (Wildman–Crippen MR) is 118 cm³/mol. The zero-order chi connectivity index (χ0) is 21.9. The van der Waals surface area contributed by atoms with Gasteiger partial charge < -0.3 is 24.9 Å². The van der Waals surface area contributed by atoms with Gasteiger partial charge in [-0.1, -0.05) is 25.0 Å². The van der Waals surface area contributed by atoms with Crippen molar-refractivity contribution >= 4 is 49.8 Å². The Morgan fingerprint density at radius 1 is 1.07 bits per heavy atom. The molecule has 0 aliphatic rings. The lowest BCUT2D eigenvalue weighted by Gasteiger charge is -2.23. The van der Waals surface area contributed by atoms with Gasteiger partial charge in [0, 0.05) is 37.7 Å². The smallest absolute Gasteiger partial charge is 0.352 e. The molecule has 2 aromatic heterocycles. The Morgan fingerprint density at radius 2 is 1.59 bits per heavy atom. The van der Waals surface area contributed by atoms with Gasteiger partial charge in [0.05, 0.1) is 11.4 Å². The number of hydrogen-bond acceptors (Lipinski definition) is 4. The molecule has 0 fully saturated rings. The molecule has 3 N–H and O–H groups in total. The summed E-state index contributed by atoms with van der Waals surface area (Å²) in [5.74, 6) is -1.62. The fourth-order valence-corrected chi connectivity index (χ4v) is 3.32. The number of amides is 2. The van der Waals surface area contributed by atoms with Crippen LogP contribution in [0.2, 0.25) is 0 Å². The van der Waals surface area contributed by atoms with Crippen LogP contribution in [-0.4, -0.2) is 43.0 Å². The molecule has 2 aromatic rings. The molecule has 0 saturated heterocycles. The lowest BCUT2D eigenvalue weighted by Crippen LogP contribution is -2.27. The van der Waals surface area contributed by atoms with E-state index in [-0.39, 0.29) is 25.8 Å². The van der Waals surface area contributed by atoms with Crippen LogP contribution >= 0.6 is 0 Å². The highest BCUT2D eigenvalue weighted by molar-refractivity contribution is 8.29. The number of hydrogen-bond donors (Lipinski definition) is 3. The second-order valence-corrected chi connectivity index (χ2v) is 11.0. The molecule has 0 spiro atoms. The molecule has 8 nitrogen and oxygen atoms in total. The molecule has 0 aliphatic carbocycles. The first kappa shape index (κ1) is 22.8. The van der Waals surface area contributed by atoms with Crippen molar-refractivity contribution in [3.8, 4) is 0 Å². The van der Waals surface area contributed by atoms with E-state index in [9.17, 15) is 14.4 Å². The zero-order valence-electron chi connectivity index (χ0n) is 17.1. The summed E-state index contributed by atoms with van der Waals surface area (Å²) in [4.78, 5) is 35.9. The van der Waals surface area contributed by atoms with Crippen molar-refractivity contribution in [3.63, 3.8) is 0 Å². The molecule has 1 unspecified atom stereocenters. The van der Waals surface area contributed by atoms with Crippen molar-refractivity contribution < 1.29 is 19.5 Å². The van der Waals surface area contributed by atoms with Crippen molar-refractivity contribution in [1.82, 2.24) is 9.13 Å². The summed E-state index contributed by atoms with van der Waals surface area (Å²) in [6, 6.07) is 2.96. The first-order valence-corrected chi connectivity index (χ1v) is 11.5. The number of anilines is 2. The zero-order valence-corrected chi connectivity index (χ0v) is 18.7. The number of carbonyl (C=O) groups excluding carboxylic acids is 2. The van der Waals surface area contributed by atoms with Gasteiger partial charge in [-0.2, -0.15) is 0 Å². The van der Waals surface area contributed by atoms with Crippen molar-refractivity contribution in [1.29, 1.82) is 0 Å². The van der Waals surface area contributed by atoms with Gasteiger partial charge in [0.25, 0.3) is 5.91 Å². The average Bonchev–Trinajstić information content (AvgIpc) is 3.15. The third-order valence-electron chi connectivity index (χ3n) is 4.74. The minimum atomic E-state index is -1.08. The van der Waals surface area contributed by atoms with Crippen LogP contribution in [-0.2, 0) is 39.5 Å². The van der Waals surface area contributed by atoms with E-state index in [4.69, 9.17) is 16.3 Å². The summed E-state index contributed by atoms with van der Waals surface area (Å²) >= 11 is 5.34. The van der Waals surface area contributed by atoms with Gasteiger partial charge in [-0.25, -0.2) is 4.79 Å². The maximum atomic E-state index is 12.5. The Labute approximate surface area is 176 Å². The first-order chi connectivity index (χ1) is 13.4. The normalized spacial score (nSPS) is 12.4. The number of aromatic nitrogens is 2. The molecular formula is C19H26N4O4S2. The van der Waals surface area contributed by atoms with Crippen molar-refractivity contribution in [2.24, 2.45) is 14.1 Å². The highest BCUT2D eigenvalue weighted by Gasteiger charge is 2.21. The topological polar surface area (TPSA) is 105 Å². The van der Waals surface area contributed by atoms with Crippen molar-refractivity contribution in [2.45, 2.75) is 31.4 Å². The van der Waals surface area contributed by atoms with E-state index >= 15 is 0 Å². The van der Waals surface area contributed by atoms with Crippen molar-refractivity contribution in [2.75, 3.05) is 16.9 Å². The van der Waals surface area contributed by atoms with Crippen LogP contribution in [0, 0.1) is 0 Å². The van der Waals surface area contributed by atoms with Gasteiger partial charge in [-0.3, -0.25) is 9.59 Å². The SMILES string of the molecule is Cn1cc(NC(=O)c2cc(NC(=O)CCC(C)(C)S(C)=S)cn2C)cc1C(=O)O. The molecular weight excluding hydrogens is 412 g/mol. The van der Waals surface area contributed by atoms with Gasteiger partial charge in [-0.05, 0) is 24.8 Å². The summed E-state index contributed by atoms with van der Waals surface area (Å²) < 4.78 is 2.93. The highest BCUT2D eigenvalue weighted by atomic mass is 32.8. The number of nitrogens with one attached hydrogen (secondary N) is 2. The summed E-state index contributed by atoms with van der Waals surface area (Å²) in [7, 11) is 3.07. The van der Waals surface area contributed by atoms with Crippen LogP contribution in [0.4, 0.5) is 11.4 Å². The molecule has 0 bridgehead atoms. The second-order valence-electron chi connectivity index (χ2n) is 7.47. The van der Waals surface area contributed by atoms with Gasteiger partial charge in [0.2, 0.25) is 5.91 Å². The molecule has 0 saturated carbocycles. The fraction of sp³-hybridized carbons (Fsp3) is 0.421. The Bertz CT molecular complexity index is 975. The van der Waals surface area contributed by atoms with Crippen LogP contribution in [0.5, 0.6) is 0 Å².